The van der Waals surface area contributed by atoms with Gasteiger partial charge in [0.2, 0.25) is 0 Å². The van der Waals surface area contributed by atoms with Crippen molar-refractivity contribution in [2.24, 2.45) is 5.41 Å². The van der Waals surface area contributed by atoms with E-state index in [4.69, 9.17) is 0 Å². The summed E-state index contributed by atoms with van der Waals surface area (Å²) in [5.74, 6) is 0.256. The molecule has 12 heavy (non-hydrogen) atoms. The lowest BCUT2D eigenvalue weighted by Gasteiger charge is -2.36. The van der Waals surface area contributed by atoms with Crippen molar-refractivity contribution in [3.05, 3.63) is 0 Å². The Morgan fingerprint density at radius 3 is 1.92 bits per heavy atom. The third-order valence-electron chi connectivity index (χ3n) is 2.55. The van der Waals surface area contributed by atoms with Crippen LogP contribution in [0.5, 0.6) is 0 Å². The molecule has 0 saturated heterocycles. The Labute approximate surface area is 75.9 Å². The Balaban J connectivity index is 4.62. The topological polar surface area (TPSA) is 20.3 Å². The lowest BCUT2D eigenvalue weighted by molar-refractivity contribution is -0.125. The molecule has 0 saturated carbocycles. The van der Waals surface area contributed by atoms with Gasteiger partial charge in [-0.25, -0.2) is 0 Å². The number of nitrogens with zero attached hydrogens (tertiary/aromatic N) is 1. The van der Waals surface area contributed by atoms with Crippen molar-refractivity contribution in [1.29, 1.82) is 0 Å². The molecule has 0 aromatic heterocycles. The van der Waals surface area contributed by atoms with Gasteiger partial charge in [0.15, 0.2) is 0 Å². The number of carbonyl (C=O) groups is 1. The molecule has 0 heterocycles. The summed E-state index contributed by atoms with van der Waals surface area (Å²) in [5, 5.41) is 0. The van der Waals surface area contributed by atoms with E-state index in [1.165, 1.54) is 0 Å². The molecule has 0 aromatic carbocycles. The van der Waals surface area contributed by atoms with Gasteiger partial charge in [-0.05, 0) is 32.9 Å². The van der Waals surface area contributed by atoms with Crippen LogP contribution in [0.1, 0.15) is 34.1 Å². The van der Waals surface area contributed by atoms with Crippen molar-refractivity contribution in [1.82, 2.24) is 4.90 Å². The van der Waals surface area contributed by atoms with Gasteiger partial charge in [0.05, 0.1) is 6.04 Å². The molecule has 0 radical (unpaired) electrons. The van der Waals surface area contributed by atoms with Crippen molar-refractivity contribution in [2.75, 3.05) is 14.1 Å². The molecule has 0 N–H and O–H groups in total. The van der Waals surface area contributed by atoms with E-state index in [2.05, 4.69) is 20.8 Å². The van der Waals surface area contributed by atoms with E-state index >= 15 is 0 Å². The maximum absolute atomic E-state index is 11.3. The number of rotatable bonds is 4. The van der Waals surface area contributed by atoms with Crippen LogP contribution in [0, 0.1) is 5.41 Å². The van der Waals surface area contributed by atoms with E-state index in [0.29, 0.717) is 0 Å². The molecule has 0 bridgehead atoms. The van der Waals surface area contributed by atoms with Crippen LogP contribution in [0.2, 0.25) is 0 Å². The minimum atomic E-state index is 0.0440. The fraction of sp³-hybridized carbons (Fsp3) is 0.900. The van der Waals surface area contributed by atoms with E-state index < -0.39 is 0 Å². The van der Waals surface area contributed by atoms with Crippen LogP contribution in [-0.4, -0.2) is 30.8 Å². The van der Waals surface area contributed by atoms with Crippen LogP contribution >= 0.6 is 0 Å². The minimum Gasteiger partial charge on any atom is -0.299 e. The predicted molar refractivity (Wildman–Crippen MR) is 52.2 cm³/mol. The maximum atomic E-state index is 11.3. The standard InChI is InChI=1S/C10H21NO/c1-7-10(3,4)9(8(2)12)11(5)6/h9H,7H2,1-6H3. The van der Waals surface area contributed by atoms with Gasteiger partial charge in [-0.15, -0.1) is 0 Å². The SMILES string of the molecule is CCC(C)(C)C(C(C)=O)N(C)C. The quantitative estimate of drug-likeness (QED) is 0.644. The van der Waals surface area contributed by atoms with Crippen molar-refractivity contribution in [3.63, 3.8) is 0 Å². The van der Waals surface area contributed by atoms with Crippen LogP contribution in [0.4, 0.5) is 0 Å². The first kappa shape index (κ1) is 11.6. The van der Waals surface area contributed by atoms with E-state index in [1.807, 2.05) is 19.0 Å². The number of hydrogen-bond donors (Lipinski definition) is 0. The van der Waals surface area contributed by atoms with E-state index in [0.717, 1.165) is 6.42 Å². The molecule has 0 aliphatic rings. The fourth-order valence-corrected chi connectivity index (χ4v) is 1.81. The number of carbonyl (C=O) groups excluding carboxylic acids is 1. The van der Waals surface area contributed by atoms with Crippen molar-refractivity contribution >= 4 is 5.78 Å². The van der Waals surface area contributed by atoms with E-state index in [1.54, 1.807) is 6.92 Å². The molecular formula is C10H21NO. The molecular weight excluding hydrogens is 150 g/mol. The number of Topliss-reactive ketones (excluding diaryl/α,β-unsaturated/α-hetero) is 1. The van der Waals surface area contributed by atoms with Gasteiger partial charge in [-0.1, -0.05) is 20.8 Å². The van der Waals surface area contributed by atoms with Gasteiger partial charge >= 0.3 is 0 Å². The summed E-state index contributed by atoms with van der Waals surface area (Å²) < 4.78 is 0. The molecule has 2 nitrogen and oxygen atoms in total. The minimum absolute atomic E-state index is 0.0440. The van der Waals surface area contributed by atoms with Gasteiger partial charge in [-0.2, -0.15) is 0 Å². The smallest absolute Gasteiger partial charge is 0.147 e. The zero-order valence-corrected chi connectivity index (χ0v) is 9.14. The average Bonchev–Trinajstić information content (AvgIpc) is 1.84. The van der Waals surface area contributed by atoms with Gasteiger partial charge in [0.25, 0.3) is 0 Å². The normalized spacial score (nSPS) is 14.9. The molecule has 2 heteroatoms. The molecule has 0 rings (SSSR count). The van der Waals surface area contributed by atoms with Gasteiger partial charge in [0.1, 0.15) is 5.78 Å². The van der Waals surface area contributed by atoms with Crippen LogP contribution in [0.15, 0.2) is 0 Å². The molecule has 0 spiro atoms. The summed E-state index contributed by atoms with van der Waals surface area (Å²) in [6, 6.07) is 0.0440. The van der Waals surface area contributed by atoms with E-state index in [-0.39, 0.29) is 17.2 Å². The van der Waals surface area contributed by atoms with Crippen molar-refractivity contribution < 1.29 is 4.79 Å². The summed E-state index contributed by atoms with van der Waals surface area (Å²) in [5.41, 5.74) is 0.0787. The van der Waals surface area contributed by atoms with Gasteiger partial charge < -0.3 is 0 Å². The zero-order valence-electron chi connectivity index (χ0n) is 9.14. The largest absolute Gasteiger partial charge is 0.299 e. The van der Waals surface area contributed by atoms with Crippen molar-refractivity contribution in [3.8, 4) is 0 Å². The lowest BCUT2D eigenvalue weighted by Crippen LogP contribution is -2.45. The third-order valence-corrected chi connectivity index (χ3v) is 2.55. The van der Waals surface area contributed by atoms with Gasteiger partial charge in [-0.3, -0.25) is 9.69 Å². The molecule has 0 aliphatic heterocycles. The third kappa shape index (κ3) is 2.59. The van der Waals surface area contributed by atoms with Crippen LogP contribution in [0.3, 0.4) is 0 Å². The highest BCUT2D eigenvalue weighted by Crippen LogP contribution is 2.28. The van der Waals surface area contributed by atoms with Crippen molar-refractivity contribution in [2.45, 2.75) is 40.2 Å². The second-order valence-electron chi connectivity index (χ2n) is 4.32. The van der Waals surface area contributed by atoms with Crippen LogP contribution in [-0.2, 0) is 4.79 Å². The highest BCUT2D eigenvalue weighted by atomic mass is 16.1. The number of likely N-dealkylation sites (N-methyl/N-ethyl adjacent to an activating group) is 1. The predicted octanol–water partition coefficient (Wildman–Crippen LogP) is 1.94. The fourth-order valence-electron chi connectivity index (χ4n) is 1.81. The first-order chi connectivity index (χ1) is 5.33. The molecule has 0 aromatic rings. The Hall–Kier alpha value is -0.370. The molecule has 72 valence electrons. The van der Waals surface area contributed by atoms with Crippen LogP contribution in [0.25, 0.3) is 0 Å². The molecule has 0 fully saturated rings. The maximum Gasteiger partial charge on any atom is 0.147 e. The molecule has 0 aliphatic carbocycles. The summed E-state index contributed by atoms with van der Waals surface area (Å²) in [4.78, 5) is 13.4. The Kier molecular flexibility index (Phi) is 3.91. The molecule has 0 amide bonds. The summed E-state index contributed by atoms with van der Waals surface area (Å²) in [7, 11) is 3.92. The molecule has 1 unspecified atom stereocenters. The Morgan fingerprint density at radius 2 is 1.83 bits per heavy atom. The highest BCUT2D eigenvalue weighted by Gasteiger charge is 2.32. The average molecular weight is 171 g/mol. The second kappa shape index (κ2) is 4.04. The number of hydrogen-bond acceptors (Lipinski definition) is 2. The first-order valence-electron chi connectivity index (χ1n) is 4.49. The summed E-state index contributed by atoms with van der Waals surface area (Å²) in [6.45, 7) is 8.07. The zero-order chi connectivity index (χ0) is 9.94. The van der Waals surface area contributed by atoms with Gasteiger partial charge in [0, 0.05) is 0 Å². The second-order valence-corrected chi connectivity index (χ2v) is 4.32. The Bertz CT molecular complexity index is 161. The van der Waals surface area contributed by atoms with E-state index in [9.17, 15) is 4.79 Å². The Morgan fingerprint density at radius 1 is 1.42 bits per heavy atom. The van der Waals surface area contributed by atoms with Crippen LogP contribution < -0.4 is 0 Å². The monoisotopic (exact) mass is 171 g/mol. The lowest BCUT2D eigenvalue weighted by atomic mass is 9.79. The first-order valence-corrected chi connectivity index (χ1v) is 4.49. The summed E-state index contributed by atoms with van der Waals surface area (Å²) >= 11 is 0. The summed E-state index contributed by atoms with van der Waals surface area (Å²) in [6.07, 6.45) is 1.02. The molecule has 1 atom stereocenters. The number of ketones is 1. The highest BCUT2D eigenvalue weighted by molar-refractivity contribution is 5.82.